The molecule has 2 heterocycles. The third-order valence-electron chi connectivity index (χ3n) is 4.88. The summed E-state index contributed by atoms with van der Waals surface area (Å²) in [5.74, 6) is 0.988. The van der Waals surface area contributed by atoms with Crippen LogP contribution in [0.2, 0.25) is 0 Å². The number of nitrogens with one attached hydrogen (secondary N) is 1. The summed E-state index contributed by atoms with van der Waals surface area (Å²) in [4.78, 5) is 22.9. The maximum atomic E-state index is 12.6. The van der Waals surface area contributed by atoms with Gasteiger partial charge in [-0.05, 0) is 61.4 Å². The first-order valence-corrected chi connectivity index (χ1v) is 10.9. The van der Waals surface area contributed by atoms with Crippen molar-refractivity contribution in [3.8, 4) is 27.4 Å². The minimum atomic E-state index is -0.218. The molecule has 0 aliphatic rings. The molecule has 2 aromatic carbocycles. The molecule has 6 heteroatoms. The van der Waals surface area contributed by atoms with Crippen molar-refractivity contribution in [1.29, 1.82) is 0 Å². The van der Waals surface area contributed by atoms with Crippen LogP contribution in [0.3, 0.4) is 0 Å². The first kappa shape index (κ1) is 20.8. The summed E-state index contributed by atoms with van der Waals surface area (Å²) in [7, 11) is 1.60. The number of aryl methyl sites for hydroxylation is 2. The lowest BCUT2D eigenvalue weighted by molar-refractivity contribution is 0.102. The summed E-state index contributed by atoms with van der Waals surface area (Å²) in [6.45, 7) is 4.19. The topological polar surface area (TPSA) is 64.1 Å². The van der Waals surface area contributed by atoms with Gasteiger partial charge in [0.1, 0.15) is 11.6 Å². The average Bonchev–Trinajstić information content (AvgIpc) is 3.24. The third-order valence-corrected chi connectivity index (χ3v) is 6.13. The normalized spacial score (nSPS) is 10.7. The summed E-state index contributed by atoms with van der Waals surface area (Å²) in [6.07, 6.45) is 2.58. The van der Waals surface area contributed by atoms with Gasteiger partial charge in [-0.15, -0.1) is 11.3 Å². The Bertz CT molecular complexity index is 1220. The zero-order valence-electron chi connectivity index (χ0n) is 17.7. The van der Waals surface area contributed by atoms with Gasteiger partial charge < -0.3 is 10.1 Å². The Morgan fingerprint density at radius 3 is 2.58 bits per heavy atom. The number of pyridine rings is 1. The van der Waals surface area contributed by atoms with E-state index >= 15 is 0 Å². The van der Waals surface area contributed by atoms with Crippen molar-refractivity contribution < 1.29 is 9.53 Å². The summed E-state index contributed by atoms with van der Waals surface area (Å²) < 4.78 is 5.15. The summed E-state index contributed by atoms with van der Waals surface area (Å²) in [5, 5.41) is 3.96. The quantitative estimate of drug-likeness (QED) is 0.408. The number of anilines is 1. The van der Waals surface area contributed by atoms with E-state index in [-0.39, 0.29) is 5.91 Å². The standard InChI is InChI=1S/C25H23N3O2S/c1-4-22-28-23(18-7-5-6-16(2)14-18)24(31-22)19-12-13-26-21(15-19)27-25(29)17-8-10-20(30-3)11-9-17/h5-15H,4H2,1-3H3,(H,26,27,29). The number of carbonyl (C=O) groups is 1. The van der Waals surface area contributed by atoms with Crippen LogP contribution < -0.4 is 10.1 Å². The number of benzene rings is 2. The van der Waals surface area contributed by atoms with E-state index in [1.165, 1.54) is 5.56 Å². The second-order valence-electron chi connectivity index (χ2n) is 7.12. The number of thiazole rings is 1. The van der Waals surface area contributed by atoms with Gasteiger partial charge in [0.05, 0.1) is 22.7 Å². The van der Waals surface area contributed by atoms with Gasteiger partial charge in [-0.3, -0.25) is 4.79 Å². The maximum absolute atomic E-state index is 12.6. The summed E-state index contributed by atoms with van der Waals surface area (Å²) in [5.41, 5.74) is 4.76. The summed E-state index contributed by atoms with van der Waals surface area (Å²) >= 11 is 1.68. The Hall–Kier alpha value is -3.51. The Balaban J connectivity index is 1.65. The molecule has 0 unspecified atom stereocenters. The predicted octanol–water partition coefficient (Wildman–Crippen LogP) is 6.00. The predicted molar refractivity (Wildman–Crippen MR) is 126 cm³/mol. The van der Waals surface area contributed by atoms with Gasteiger partial charge in [0.15, 0.2) is 0 Å². The Morgan fingerprint density at radius 1 is 1.06 bits per heavy atom. The molecule has 0 aliphatic heterocycles. The molecule has 0 aliphatic carbocycles. The van der Waals surface area contributed by atoms with Crippen LogP contribution in [-0.2, 0) is 6.42 Å². The van der Waals surface area contributed by atoms with E-state index in [0.29, 0.717) is 17.1 Å². The fourth-order valence-corrected chi connectivity index (χ4v) is 4.29. The van der Waals surface area contributed by atoms with Gasteiger partial charge >= 0.3 is 0 Å². The van der Waals surface area contributed by atoms with E-state index in [4.69, 9.17) is 9.72 Å². The van der Waals surface area contributed by atoms with Crippen LogP contribution in [0.25, 0.3) is 21.7 Å². The zero-order valence-corrected chi connectivity index (χ0v) is 18.5. The highest BCUT2D eigenvalue weighted by atomic mass is 32.1. The van der Waals surface area contributed by atoms with Crippen molar-refractivity contribution >= 4 is 23.1 Å². The number of ether oxygens (including phenoxy) is 1. The molecule has 4 rings (SSSR count). The van der Waals surface area contributed by atoms with E-state index in [1.807, 2.05) is 18.2 Å². The second kappa shape index (κ2) is 9.10. The van der Waals surface area contributed by atoms with Crippen LogP contribution in [0.1, 0.15) is 27.9 Å². The molecule has 0 saturated heterocycles. The largest absolute Gasteiger partial charge is 0.497 e. The maximum Gasteiger partial charge on any atom is 0.256 e. The monoisotopic (exact) mass is 429 g/mol. The molecule has 0 radical (unpaired) electrons. The zero-order chi connectivity index (χ0) is 21.8. The fourth-order valence-electron chi connectivity index (χ4n) is 3.27. The Labute approximate surface area is 185 Å². The van der Waals surface area contributed by atoms with Gasteiger partial charge in [0.25, 0.3) is 5.91 Å². The van der Waals surface area contributed by atoms with E-state index in [9.17, 15) is 4.79 Å². The Kier molecular flexibility index (Phi) is 6.09. The minimum absolute atomic E-state index is 0.218. The molecule has 2 aromatic heterocycles. The smallest absolute Gasteiger partial charge is 0.256 e. The van der Waals surface area contributed by atoms with Gasteiger partial charge in [0, 0.05) is 17.3 Å². The molecule has 1 amide bonds. The third kappa shape index (κ3) is 4.64. The molecule has 31 heavy (non-hydrogen) atoms. The van der Waals surface area contributed by atoms with Crippen LogP contribution in [0, 0.1) is 6.92 Å². The van der Waals surface area contributed by atoms with Crippen LogP contribution >= 0.6 is 11.3 Å². The molecule has 0 bridgehead atoms. The lowest BCUT2D eigenvalue weighted by atomic mass is 10.1. The van der Waals surface area contributed by atoms with Crippen LogP contribution in [0.15, 0.2) is 66.9 Å². The number of nitrogens with zero attached hydrogens (tertiary/aromatic N) is 2. The summed E-state index contributed by atoms with van der Waals surface area (Å²) in [6, 6.07) is 19.2. The molecule has 0 atom stereocenters. The highest BCUT2D eigenvalue weighted by Gasteiger charge is 2.16. The van der Waals surface area contributed by atoms with Crippen molar-refractivity contribution in [2.24, 2.45) is 0 Å². The first-order chi connectivity index (χ1) is 15.1. The van der Waals surface area contributed by atoms with Crippen LogP contribution in [0.4, 0.5) is 5.82 Å². The first-order valence-electron chi connectivity index (χ1n) is 10.1. The molecule has 5 nitrogen and oxygen atoms in total. The number of aromatic nitrogens is 2. The molecular formula is C25H23N3O2S. The number of rotatable bonds is 6. The van der Waals surface area contributed by atoms with E-state index in [1.54, 1.807) is 48.9 Å². The number of hydrogen-bond donors (Lipinski definition) is 1. The van der Waals surface area contributed by atoms with Crippen molar-refractivity contribution in [3.63, 3.8) is 0 Å². The van der Waals surface area contributed by atoms with Crippen LogP contribution in [-0.4, -0.2) is 23.0 Å². The van der Waals surface area contributed by atoms with Crippen LogP contribution in [0.5, 0.6) is 5.75 Å². The van der Waals surface area contributed by atoms with Crippen molar-refractivity contribution in [1.82, 2.24) is 9.97 Å². The van der Waals surface area contributed by atoms with Crippen molar-refractivity contribution in [3.05, 3.63) is 83.0 Å². The van der Waals surface area contributed by atoms with Gasteiger partial charge in [-0.25, -0.2) is 9.97 Å². The van der Waals surface area contributed by atoms with E-state index < -0.39 is 0 Å². The number of methoxy groups -OCH3 is 1. The number of carbonyl (C=O) groups excluding carboxylic acids is 1. The van der Waals surface area contributed by atoms with Crippen molar-refractivity contribution in [2.75, 3.05) is 12.4 Å². The lowest BCUT2D eigenvalue weighted by Gasteiger charge is -2.08. The van der Waals surface area contributed by atoms with Gasteiger partial charge in [0.2, 0.25) is 0 Å². The molecule has 156 valence electrons. The second-order valence-corrected chi connectivity index (χ2v) is 8.20. The Morgan fingerprint density at radius 2 is 1.87 bits per heavy atom. The molecule has 0 spiro atoms. The highest BCUT2D eigenvalue weighted by molar-refractivity contribution is 7.15. The van der Waals surface area contributed by atoms with Gasteiger partial charge in [-0.2, -0.15) is 0 Å². The number of amides is 1. The van der Waals surface area contributed by atoms with Crippen molar-refractivity contribution in [2.45, 2.75) is 20.3 Å². The molecule has 4 aromatic rings. The average molecular weight is 430 g/mol. The molecule has 1 N–H and O–H groups in total. The molecular weight excluding hydrogens is 406 g/mol. The fraction of sp³-hybridized carbons (Fsp3) is 0.160. The highest BCUT2D eigenvalue weighted by Crippen LogP contribution is 2.37. The van der Waals surface area contributed by atoms with E-state index in [2.05, 4.69) is 42.3 Å². The minimum Gasteiger partial charge on any atom is -0.497 e. The molecule has 0 saturated carbocycles. The SMILES string of the molecule is CCc1nc(-c2cccc(C)c2)c(-c2ccnc(NC(=O)c3ccc(OC)cc3)c2)s1. The van der Waals surface area contributed by atoms with Gasteiger partial charge in [-0.1, -0.05) is 30.7 Å². The number of hydrogen-bond acceptors (Lipinski definition) is 5. The van der Waals surface area contributed by atoms with E-state index in [0.717, 1.165) is 33.1 Å². The molecule has 0 fully saturated rings. The lowest BCUT2D eigenvalue weighted by Crippen LogP contribution is -2.12.